The molecule has 0 unspecified atom stereocenters. The van der Waals surface area contributed by atoms with Crippen molar-refractivity contribution in [2.24, 2.45) is 0 Å². The summed E-state index contributed by atoms with van der Waals surface area (Å²) in [6.45, 7) is 3.06. The Morgan fingerprint density at radius 1 is 0.964 bits per heavy atom. The predicted octanol–water partition coefficient (Wildman–Crippen LogP) is 2.80. The van der Waals surface area contributed by atoms with Crippen molar-refractivity contribution in [1.29, 1.82) is 0 Å². The lowest BCUT2D eigenvalue weighted by molar-refractivity contribution is -0.123. The number of benzene rings is 2. The van der Waals surface area contributed by atoms with Crippen LogP contribution in [0.3, 0.4) is 0 Å². The molecule has 0 spiro atoms. The van der Waals surface area contributed by atoms with Crippen LogP contribution in [0.2, 0.25) is 5.02 Å². The maximum atomic E-state index is 12.9. The van der Waals surface area contributed by atoms with Crippen molar-refractivity contribution in [2.75, 3.05) is 43.1 Å². The molecule has 1 atom stereocenters. The van der Waals surface area contributed by atoms with E-state index in [1.165, 1.54) is 4.90 Å². The van der Waals surface area contributed by atoms with Gasteiger partial charge < -0.3 is 9.64 Å². The highest BCUT2D eigenvalue weighted by molar-refractivity contribution is 6.30. The van der Waals surface area contributed by atoms with Gasteiger partial charge in [0, 0.05) is 43.0 Å². The highest BCUT2D eigenvalue weighted by Crippen LogP contribution is 2.28. The van der Waals surface area contributed by atoms with Crippen LogP contribution in [0.5, 0.6) is 5.75 Å². The van der Waals surface area contributed by atoms with Gasteiger partial charge in [-0.25, -0.2) is 4.90 Å². The van der Waals surface area contributed by atoms with E-state index >= 15 is 0 Å². The second-order valence-electron chi connectivity index (χ2n) is 6.99. The van der Waals surface area contributed by atoms with Crippen molar-refractivity contribution in [3.63, 3.8) is 0 Å². The van der Waals surface area contributed by atoms with Crippen molar-refractivity contribution in [3.8, 4) is 5.75 Å². The summed E-state index contributed by atoms with van der Waals surface area (Å²) in [5.41, 5.74) is 1.69. The summed E-state index contributed by atoms with van der Waals surface area (Å²) >= 11 is 5.92. The lowest BCUT2D eigenvalue weighted by Gasteiger charge is -2.38. The summed E-state index contributed by atoms with van der Waals surface area (Å²) in [4.78, 5) is 31.1. The molecule has 2 heterocycles. The van der Waals surface area contributed by atoms with Gasteiger partial charge in [0.2, 0.25) is 5.91 Å². The third kappa shape index (κ3) is 3.57. The first-order valence-electron chi connectivity index (χ1n) is 9.32. The topological polar surface area (TPSA) is 53.1 Å². The first-order chi connectivity index (χ1) is 13.6. The smallest absolute Gasteiger partial charge is 0.251 e. The third-order valence-corrected chi connectivity index (χ3v) is 5.63. The summed E-state index contributed by atoms with van der Waals surface area (Å²) in [6.07, 6.45) is 0.223. The lowest BCUT2D eigenvalue weighted by atomic mass is 10.1. The van der Waals surface area contributed by atoms with E-state index in [0.717, 1.165) is 37.6 Å². The molecule has 146 valence electrons. The molecule has 0 radical (unpaired) electrons. The fourth-order valence-corrected chi connectivity index (χ4v) is 3.99. The Labute approximate surface area is 169 Å². The van der Waals surface area contributed by atoms with Crippen LogP contribution in [0.1, 0.15) is 6.42 Å². The van der Waals surface area contributed by atoms with Gasteiger partial charge in [0.15, 0.2) is 0 Å². The summed E-state index contributed by atoms with van der Waals surface area (Å²) < 4.78 is 5.30. The largest absolute Gasteiger partial charge is 0.497 e. The highest BCUT2D eigenvalue weighted by Gasteiger charge is 2.43. The van der Waals surface area contributed by atoms with Crippen LogP contribution in [0.15, 0.2) is 48.5 Å². The standard InChI is InChI=1S/C21H22ClN3O3/c1-28-18-4-2-3-17(13-18)23-9-11-24(12-10-23)19-14-20(26)25(21(19)27)16-7-5-15(22)6-8-16/h2-8,13,19H,9-12,14H2,1H3/t19-/m1/s1. The van der Waals surface area contributed by atoms with Crippen molar-refractivity contribution in [2.45, 2.75) is 12.5 Å². The summed E-state index contributed by atoms with van der Waals surface area (Å²) in [6, 6.07) is 14.4. The monoisotopic (exact) mass is 399 g/mol. The van der Waals surface area contributed by atoms with E-state index in [9.17, 15) is 9.59 Å². The minimum Gasteiger partial charge on any atom is -0.497 e. The molecule has 7 heteroatoms. The van der Waals surface area contributed by atoms with E-state index in [1.807, 2.05) is 18.2 Å². The molecule has 2 amide bonds. The quantitative estimate of drug-likeness (QED) is 0.740. The summed E-state index contributed by atoms with van der Waals surface area (Å²) in [5.74, 6) is 0.518. The van der Waals surface area contributed by atoms with Crippen LogP contribution in [0.4, 0.5) is 11.4 Å². The number of ether oxygens (including phenoxy) is 1. The van der Waals surface area contributed by atoms with E-state index in [-0.39, 0.29) is 18.2 Å². The Bertz CT molecular complexity index is 879. The average molecular weight is 400 g/mol. The van der Waals surface area contributed by atoms with Gasteiger partial charge in [-0.2, -0.15) is 0 Å². The maximum absolute atomic E-state index is 12.9. The Balaban J connectivity index is 1.42. The van der Waals surface area contributed by atoms with Gasteiger partial charge in [-0.3, -0.25) is 14.5 Å². The SMILES string of the molecule is COc1cccc(N2CCN([C@@H]3CC(=O)N(c4ccc(Cl)cc4)C3=O)CC2)c1. The van der Waals surface area contributed by atoms with Crippen molar-refractivity contribution in [1.82, 2.24) is 4.90 Å². The van der Waals surface area contributed by atoms with Crippen molar-refractivity contribution in [3.05, 3.63) is 53.6 Å². The second-order valence-corrected chi connectivity index (χ2v) is 7.42. The third-order valence-electron chi connectivity index (χ3n) is 5.38. The summed E-state index contributed by atoms with van der Waals surface area (Å²) in [7, 11) is 1.66. The fraction of sp³-hybridized carbons (Fsp3) is 0.333. The number of amides is 2. The molecule has 2 fully saturated rings. The molecule has 0 aliphatic carbocycles. The summed E-state index contributed by atoms with van der Waals surface area (Å²) in [5, 5.41) is 0.577. The zero-order valence-corrected chi connectivity index (χ0v) is 16.4. The Morgan fingerprint density at radius 3 is 2.36 bits per heavy atom. The van der Waals surface area contributed by atoms with Crippen molar-refractivity contribution < 1.29 is 14.3 Å². The highest BCUT2D eigenvalue weighted by atomic mass is 35.5. The number of anilines is 2. The number of rotatable bonds is 4. The number of hydrogen-bond donors (Lipinski definition) is 0. The molecule has 4 rings (SSSR count). The Kier molecular flexibility index (Phi) is 5.24. The molecule has 2 aliphatic rings. The Morgan fingerprint density at radius 2 is 1.68 bits per heavy atom. The van der Waals surface area contributed by atoms with Gasteiger partial charge in [-0.1, -0.05) is 17.7 Å². The van der Waals surface area contributed by atoms with Crippen LogP contribution in [-0.4, -0.2) is 56.0 Å². The average Bonchev–Trinajstić information content (AvgIpc) is 3.03. The molecule has 2 aliphatic heterocycles. The zero-order valence-electron chi connectivity index (χ0n) is 15.7. The normalized spacial score (nSPS) is 20.7. The first-order valence-corrected chi connectivity index (χ1v) is 9.70. The maximum Gasteiger partial charge on any atom is 0.251 e. The number of piperazine rings is 1. The van der Waals surface area contributed by atoms with Crippen LogP contribution < -0.4 is 14.5 Å². The fourth-order valence-electron chi connectivity index (χ4n) is 3.86. The molecule has 0 aromatic heterocycles. The number of hydrogen-bond acceptors (Lipinski definition) is 5. The molecule has 2 aromatic rings. The molecule has 6 nitrogen and oxygen atoms in total. The zero-order chi connectivity index (χ0) is 19.7. The number of carbonyl (C=O) groups excluding carboxylic acids is 2. The van der Waals surface area contributed by atoms with Gasteiger partial charge in [0.1, 0.15) is 5.75 Å². The second kappa shape index (κ2) is 7.81. The van der Waals surface area contributed by atoms with Gasteiger partial charge >= 0.3 is 0 Å². The van der Waals surface area contributed by atoms with E-state index in [1.54, 1.807) is 31.4 Å². The lowest BCUT2D eigenvalue weighted by Crippen LogP contribution is -2.52. The van der Waals surface area contributed by atoms with Crippen LogP contribution in [-0.2, 0) is 9.59 Å². The minimum absolute atomic E-state index is 0.151. The molecule has 0 saturated carbocycles. The molecule has 0 bridgehead atoms. The van der Waals surface area contributed by atoms with Crippen molar-refractivity contribution >= 4 is 34.8 Å². The Hall–Kier alpha value is -2.57. The number of halogens is 1. The minimum atomic E-state index is -0.393. The number of carbonyl (C=O) groups is 2. The van der Waals surface area contributed by atoms with Crippen LogP contribution >= 0.6 is 11.6 Å². The van der Waals surface area contributed by atoms with E-state index in [2.05, 4.69) is 15.9 Å². The first kappa shape index (κ1) is 18.8. The van der Waals surface area contributed by atoms with Gasteiger partial charge in [0.05, 0.1) is 25.3 Å². The molecule has 28 heavy (non-hydrogen) atoms. The van der Waals surface area contributed by atoms with E-state index in [0.29, 0.717) is 10.7 Å². The number of imide groups is 1. The van der Waals surface area contributed by atoms with Crippen LogP contribution in [0.25, 0.3) is 0 Å². The molecule has 2 saturated heterocycles. The predicted molar refractivity (Wildman–Crippen MR) is 109 cm³/mol. The number of nitrogens with zero attached hydrogens (tertiary/aromatic N) is 3. The molecular formula is C21H22ClN3O3. The van der Waals surface area contributed by atoms with Crippen LogP contribution in [0, 0.1) is 0 Å². The van der Waals surface area contributed by atoms with E-state index < -0.39 is 6.04 Å². The number of methoxy groups -OCH3 is 1. The van der Waals surface area contributed by atoms with Gasteiger partial charge in [-0.05, 0) is 36.4 Å². The molecule has 0 N–H and O–H groups in total. The van der Waals surface area contributed by atoms with E-state index in [4.69, 9.17) is 16.3 Å². The van der Waals surface area contributed by atoms with Gasteiger partial charge in [0.25, 0.3) is 5.91 Å². The molecular weight excluding hydrogens is 378 g/mol. The molecule has 2 aromatic carbocycles. The van der Waals surface area contributed by atoms with Gasteiger partial charge in [-0.15, -0.1) is 0 Å².